The fourth-order valence-electron chi connectivity index (χ4n) is 1.97. The summed E-state index contributed by atoms with van der Waals surface area (Å²) in [6.07, 6.45) is 3.58. The normalized spacial score (nSPS) is 10.8. The first-order chi connectivity index (χ1) is 9.63. The number of hydrogen-bond acceptors (Lipinski definition) is 5. The van der Waals surface area contributed by atoms with Crippen LogP contribution in [0, 0.1) is 0 Å². The number of benzene rings is 1. The Bertz CT molecular complexity index is 819. The molecular weight excluding hydrogens is 256 g/mol. The van der Waals surface area contributed by atoms with Crippen LogP contribution in [0.25, 0.3) is 10.9 Å². The molecule has 3 rings (SSSR count). The van der Waals surface area contributed by atoms with Crippen LogP contribution in [0.15, 0.2) is 35.4 Å². The van der Waals surface area contributed by atoms with Crippen LogP contribution in [0.5, 0.6) is 0 Å². The molecule has 2 aromatic heterocycles. The number of aryl methyl sites for hydroxylation is 1. The first-order valence-corrected chi connectivity index (χ1v) is 6.13. The minimum atomic E-state index is -0.218. The van der Waals surface area contributed by atoms with Gasteiger partial charge in [-0.1, -0.05) is 0 Å². The third-order valence-corrected chi connectivity index (χ3v) is 3.06. The van der Waals surface area contributed by atoms with Gasteiger partial charge in [0.05, 0.1) is 17.4 Å². The first kappa shape index (κ1) is 12.2. The largest absolute Gasteiger partial charge is 0.399 e. The Balaban J connectivity index is 1.91. The van der Waals surface area contributed by atoms with Gasteiger partial charge >= 0.3 is 0 Å². The van der Waals surface area contributed by atoms with Crippen molar-refractivity contribution in [3.63, 3.8) is 0 Å². The molecule has 4 N–H and O–H groups in total. The van der Waals surface area contributed by atoms with Gasteiger partial charge in [-0.15, -0.1) is 0 Å². The quantitative estimate of drug-likeness (QED) is 0.612. The van der Waals surface area contributed by atoms with Gasteiger partial charge in [0, 0.05) is 25.1 Å². The van der Waals surface area contributed by atoms with Crippen LogP contribution in [0.1, 0.15) is 5.82 Å². The molecule has 0 spiro atoms. The van der Waals surface area contributed by atoms with Crippen molar-refractivity contribution in [2.45, 2.75) is 6.54 Å². The molecule has 102 valence electrons. The van der Waals surface area contributed by atoms with Gasteiger partial charge in [-0.3, -0.25) is 9.78 Å². The fourth-order valence-corrected chi connectivity index (χ4v) is 1.97. The molecule has 0 bridgehead atoms. The molecule has 0 saturated carbocycles. The first-order valence-electron chi connectivity index (χ1n) is 6.13. The topological polar surface area (TPSA) is 102 Å². The predicted molar refractivity (Wildman–Crippen MR) is 77.3 cm³/mol. The smallest absolute Gasteiger partial charge is 0.260 e. The minimum absolute atomic E-state index is 0.218. The number of anilines is 2. The van der Waals surface area contributed by atoms with E-state index in [-0.39, 0.29) is 5.56 Å². The number of hydrogen-bond donors (Lipinski definition) is 3. The second-order valence-corrected chi connectivity index (χ2v) is 4.50. The summed E-state index contributed by atoms with van der Waals surface area (Å²) in [6.45, 7) is 0.479. The fraction of sp³-hybridized carbons (Fsp3) is 0.154. The van der Waals surface area contributed by atoms with E-state index in [9.17, 15) is 4.79 Å². The standard InChI is InChI=1S/C13H14N6O/c1-19-5-4-15-11(19)7-16-13-17-10-3-2-8(14)6-9(10)12(20)18-13/h2-6H,7,14H2,1H3,(H2,16,17,18,20). The lowest BCUT2D eigenvalue weighted by Crippen LogP contribution is -2.14. The molecule has 2 heterocycles. The number of imidazole rings is 1. The van der Waals surface area contributed by atoms with E-state index in [0.29, 0.717) is 29.1 Å². The lowest BCUT2D eigenvalue weighted by Gasteiger charge is -2.06. The van der Waals surface area contributed by atoms with Gasteiger partial charge in [0.15, 0.2) is 0 Å². The highest BCUT2D eigenvalue weighted by Gasteiger charge is 2.05. The van der Waals surface area contributed by atoms with Crippen LogP contribution in [-0.2, 0) is 13.6 Å². The summed E-state index contributed by atoms with van der Waals surface area (Å²) in [5.41, 5.74) is 6.59. The molecule has 0 radical (unpaired) electrons. The average Bonchev–Trinajstić information content (AvgIpc) is 2.83. The molecular formula is C13H14N6O. The van der Waals surface area contributed by atoms with Crippen molar-refractivity contribution in [3.05, 3.63) is 46.8 Å². The Labute approximate surface area is 114 Å². The van der Waals surface area contributed by atoms with E-state index in [0.717, 1.165) is 5.82 Å². The molecule has 0 fully saturated rings. The summed E-state index contributed by atoms with van der Waals surface area (Å²) in [5.74, 6) is 1.26. The monoisotopic (exact) mass is 270 g/mol. The number of rotatable bonds is 3. The molecule has 20 heavy (non-hydrogen) atoms. The van der Waals surface area contributed by atoms with Crippen LogP contribution in [-0.4, -0.2) is 19.5 Å². The third kappa shape index (κ3) is 2.20. The molecule has 7 heteroatoms. The number of H-pyrrole nitrogens is 1. The zero-order valence-corrected chi connectivity index (χ0v) is 10.9. The lowest BCUT2D eigenvalue weighted by atomic mass is 10.2. The number of nitrogens with two attached hydrogens (primary N) is 1. The Morgan fingerprint density at radius 2 is 2.30 bits per heavy atom. The Morgan fingerprint density at radius 1 is 1.45 bits per heavy atom. The van der Waals surface area contributed by atoms with E-state index < -0.39 is 0 Å². The minimum Gasteiger partial charge on any atom is -0.399 e. The van der Waals surface area contributed by atoms with Crippen molar-refractivity contribution < 1.29 is 0 Å². The molecule has 0 aliphatic carbocycles. The van der Waals surface area contributed by atoms with Crippen molar-refractivity contribution in [3.8, 4) is 0 Å². The van der Waals surface area contributed by atoms with E-state index in [1.807, 2.05) is 17.8 Å². The molecule has 0 unspecified atom stereocenters. The molecule has 7 nitrogen and oxygen atoms in total. The van der Waals surface area contributed by atoms with Gasteiger partial charge in [0.2, 0.25) is 5.95 Å². The molecule has 0 amide bonds. The van der Waals surface area contributed by atoms with E-state index in [1.165, 1.54) is 0 Å². The molecule has 0 aliphatic rings. The Morgan fingerprint density at radius 3 is 3.05 bits per heavy atom. The van der Waals surface area contributed by atoms with E-state index >= 15 is 0 Å². The average molecular weight is 270 g/mol. The molecule has 3 aromatic rings. The summed E-state index contributed by atoms with van der Waals surface area (Å²) in [6, 6.07) is 5.06. The Kier molecular flexibility index (Phi) is 2.86. The predicted octanol–water partition coefficient (Wildman–Crippen LogP) is 0.851. The third-order valence-electron chi connectivity index (χ3n) is 3.06. The van der Waals surface area contributed by atoms with Crippen LogP contribution >= 0.6 is 0 Å². The van der Waals surface area contributed by atoms with Crippen molar-refractivity contribution in [2.75, 3.05) is 11.1 Å². The summed E-state index contributed by atoms with van der Waals surface area (Å²) in [5, 5.41) is 3.53. The van der Waals surface area contributed by atoms with Crippen LogP contribution in [0.2, 0.25) is 0 Å². The summed E-state index contributed by atoms with van der Waals surface area (Å²) in [4.78, 5) is 23.2. The summed E-state index contributed by atoms with van der Waals surface area (Å²) in [7, 11) is 1.91. The summed E-state index contributed by atoms with van der Waals surface area (Å²) >= 11 is 0. The molecule has 1 aromatic carbocycles. The van der Waals surface area contributed by atoms with E-state index in [2.05, 4.69) is 20.3 Å². The van der Waals surface area contributed by atoms with Gasteiger partial charge in [0.1, 0.15) is 5.82 Å². The van der Waals surface area contributed by atoms with Gasteiger partial charge < -0.3 is 15.6 Å². The van der Waals surface area contributed by atoms with Gasteiger partial charge in [0.25, 0.3) is 5.56 Å². The second-order valence-electron chi connectivity index (χ2n) is 4.50. The van der Waals surface area contributed by atoms with E-state index in [1.54, 1.807) is 24.4 Å². The number of nitrogen functional groups attached to an aromatic ring is 1. The van der Waals surface area contributed by atoms with Crippen molar-refractivity contribution in [2.24, 2.45) is 7.05 Å². The maximum absolute atomic E-state index is 12.0. The number of aromatic nitrogens is 4. The molecule has 0 atom stereocenters. The highest BCUT2D eigenvalue weighted by molar-refractivity contribution is 5.81. The maximum Gasteiger partial charge on any atom is 0.260 e. The summed E-state index contributed by atoms with van der Waals surface area (Å²) < 4.78 is 1.90. The van der Waals surface area contributed by atoms with Gasteiger partial charge in [-0.2, -0.15) is 0 Å². The zero-order chi connectivity index (χ0) is 14.1. The van der Waals surface area contributed by atoms with Gasteiger partial charge in [-0.05, 0) is 18.2 Å². The van der Waals surface area contributed by atoms with Crippen LogP contribution in [0.3, 0.4) is 0 Å². The maximum atomic E-state index is 12.0. The number of nitrogens with zero attached hydrogens (tertiary/aromatic N) is 3. The lowest BCUT2D eigenvalue weighted by molar-refractivity contribution is 0.808. The zero-order valence-electron chi connectivity index (χ0n) is 10.9. The van der Waals surface area contributed by atoms with Gasteiger partial charge in [-0.25, -0.2) is 9.97 Å². The van der Waals surface area contributed by atoms with Crippen LogP contribution < -0.4 is 16.6 Å². The number of aromatic amines is 1. The highest BCUT2D eigenvalue weighted by Crippen LogP contribution is 2.13. The SMILES string of the molecule is Cn1ccnc1CNc1nc2ccc(N)cc2c(=O)[nH]1. The van der Waals surface area contributed by atoms with Crippen molar-refractivity contribution in [1.29, 1.82) is 0 Å². The second kappa shape index (κ2) is 4.69. The number of nitrogens with one attached hydrogen (secondary N) is 2. The van der Waals surface area contributed by atoms with Crippen molar-refractivity contribution in [1.82, 2.24) is 19.5 Å². The van der Waals surface area contributed by atoms with Crippen molar-refractivity contribution >= 4 is 22.5 Å². The van der Waals surface area contributed by atoms with Crippen LogP contribution in [0.4, 0.5) is 11.6 Å². The highest BCUT2D eigenvalue weighted by atomic mass is 16.1. The van der Waals surface area contributed by atoms with E-state index in [4.69, 9.17) is 5.73 Å². The Hall–Kier alpha value is -2.83. The molecule has 0 saturated heterocycles. The molecule has 0 aliphatic heterocycles. The number of fused-ring (bicyclic) bond motifs is 1.